The molecule has 0 bridgehead atoms. The van der Waals surface area contributed by atoms with Crippen LogP contribution in [0.25, 0.3) is 0 Å². The number of aliphatic carboxylic acids is 1. The van der Waals surface area contributed by atoms with Crippen LogP contribution in [-0.4, -0.2) is 23.7 Å². The number of carboxylic acid groups (broad SMARTS) is 1. The summed E-state index contributed by atoms with van der Waals surface area (Å²) < 4.78 is 4.74. The second kappa shape index (κ2) is 9.49. The lowest BCUT2D eigenvalue weighted by atomic mass is 10.1. The van der Waals surface area contributed by atoms with Gasteiger partial charge in [-0.1, -0.05) is 32.6 Å². The zero-order valence-corrected chi connectivity index (χ0v) is 9.33. The highest BCUT2D eigenvalue weighted by molar-refractivity contribution is 5.70. The minimum absolute atomic E-state index is 0.0108. The molecule has 0 aromatic carbocycles. The van der Waals surface area contributed by atoms with E-state index in [4.69, 9.17) is 9.84 Å². The highest BCUT2D eigenvalue weighted by Crippen LogP contribution is 2.05. The van der Waals surface area contributed by atoms with Gasteiger partial charge in [0.05, 0.1) is 6.42 Å². The van der Waals surface area contributed by atoms with E-state index >= 15 is 0 Å². The van der Waals surface area contributed by atoms with E-state index in [1.165, 1.54) is 12.8 Å². The van der Waals surface area contributed by atoms with E-state index in [0.29, 0.717) is 6.42 Å². The first kappa shape index (κ1) is 13.9. The fourth-order valence-electron chi connectivity index (χ4n) is 1.20. The van der Waals surface area contributed by atoms with Crippen molar-refractivity contribution in [1.29, 1.82) is 0 Å². The van der Waals surface area contributed by atoms with E-state index in [1.807, 2.05) is 0 Å². The van der Waals surface area contributed by atoms with Gasteiger partial charge in [0, 0.05) is 6.42 Å². The molecule has 0 aromatic rings. The van der Waals surface area contributed by atoms with Crippen molar-refractivity contribution >= 4 is 11.9 Å². The highest BCUT2D eigenvalue weighted by Gasteiger charge is 2.03. The van der Waals surface area contributed by atoms with Gasteiger partial charge in [-0.15, -0.1) is 0 Å². The molecule has 0 amide bonds. The summed E-state index contributed by atoms with van der Waals surface area (Å²) >= 11 is 0. The third-order valence-electron chi connectivity index (χ3n) is 2.06. The molecule has 1 N–H and O–H groups in total. The maximum atomic E-state index is 11.0. The Labute approximate surface area is 90.6 Å². The number of carbonyl (C=O) groups is 2. The number of esters is 1. The Kier molecular flexibility index (Phi) is 8.82. The van der Waals surface area contributed by atoms with Crippen LogP contribution in [0.15, 0.2) is 0 Å². The average molecular weight is 216 g/mol. The molecule has 88 valence electrons. The first-order valence-electron chi connectivity index (χ1n) is 5.54. The van der Waals surface area contributed by atoms with Crippen molar-refractivity contribution in [2.45, 2.75) is 51.9 Å². The van der Waals surface area contributed by atoms with E-state index in [-0.39, 0.29) is 19.0 Å². The molecule has 0 spiro atoms. The van der Waals surface area contributed by atoms with Crippen LogP contribution in [0.4, 0.5) is 0 Å². The number of carbonyl (C=O) groups excluding carboxylic acids is 1. The lowest BCUT2D eigenvalue weighted by Crippen LogP contribution is -2.08. The summed E-state index contributed by atoms with van der Waals surface area (Å²) in [5.74, 6) is -1.22. The average Bonchev–Trinajstić information content (AvgIpc) is 2.17. The van der Waals surface area contributed by atoms with Crippen molar-refractivity contribution in [3.05, 3.63) is 0 Å². The lowest BCUT2D eigenvalue weighted by Gasteiger charge is -2.02. The van der Waals surface area contributed by atoms with Gasteiger partial charge in [-0.25, -0.2) is 0 Å². The zero-order valence-electron chi connectivity index (χ0n) is 9.33. The van der Waals surface area contributed by atoms with Gasteiger partial charge in [-0.2, -0.15) is 0 Å². The molecular formula is C11H20O4. The van der Waals surface area contributed by atoms with Gasteiger partial charge in [-0.3, -0.25) is 9.59 Å². The maximum Gasteiger partial charge on any atom is 0.306 e. The molecule has 0 radical (unpaired) electrons. The predicted octanol–water partition coefficient (Wildman–Crippen LogP) is 2.36. The Morgan fingerprint density at radius 1 is 1.07 bits per heavy atom. The summed E-state index contributed by atoms with van der Waals surface area (Å²) in [6, 6.07) is 0. The molecule has 0 fully saturated rings. The predicted molar refractivity (Wildman–Crippen MR) is 56.6 cm³/mol. The summed E-state index contributed by atoms with van der Waals surface area (Å²) in [4.78, 5) is 21.2. The van der Waals surface area contributed by atoms with Crippen LogP contribution < -0.4 is 0 Å². The molecule has 0 aliphatic rings. The standard InChI is InChI=1S/C11H20O4/c1-2-3-4-5-6-7-11(14)15-9-8-10(12)13/h2-9H2,1H3,(H,12,13). The number of hydrogen-bond donors (Lipinski definition) is 1. The maximum absolute atomic E-state index is 11.0. The summed E-state index contributed by atoms with van der Waals surface area (Å²) in [6.07, 6.45) is 5.72. The van der Waals surface area contributed by atoms with Gasteiger partial charge in [0.1, 0.15) is 6.61 Å². The molecule has 15 heavy (non-hydrogen) atoms. The van der Waals surface area contributed by atoms with Crippen LogP contribution in [0.3, 0.4) is 0 Å². The highest BCUT2D eigenvalue weighted by atomic mass is 16.5. The van der Waals surface area contributed by atoms with Crippen LogP contribution in [0.1, 0.15) is 51.9 Å². The van der Waals surface area contributed by atoms with E-state index < -0.39 is 5.97 Å². The second-order valence-corrected chi connectivity index (χ2v) is 3.53. The van der Waals surface area contributed by atoms with Crippen LogP contribution >= 0.6 is 0 Å². The van der Waals surface area contributed by atoms with Crippen molar-refractivity contribution in [1.82, 2.24) is 0 Å². The first-order valence-corrected chi connectivity index (χ1v) is 5.54. The van der Waals surface area contributed by atoms with Gasteiger partial charge in [0.15, 0.2) is 0 Å². The van der Waals surface area contributed by atoms with E-state index in [2.05, 4.69) is 6.92 Å². The Morgan fingerprint density at radius 2 is 1.73 bits per heavy atom. The number of hydrogen-bond acceptors (Lipinski definition) is 3. The molecule has 0 unspecified atom stereocenters. The Balaban J connectivity index is 3.22. The van der Waals surface area contributed by atoms with E-state index in [0.717, 1.165) is 19.3 Å². The molecule has 4 heteroatoms. The largest absolute Gasteiger partial charge is 0.481 e. The monoisotopic (exact) mass is 216 g/mol. The molecule has 0 aromatic heterocycles. The molecule has 0 aliphatic carbocycles. The molecule has 0 atom stereocenters. The van der Waals surface area contributed by atoms with E-state index in [1.54, 1.807) is 0 Å². The van der Waals surface area contributed by atoms with Crippen molar-refractivity contribution in [3.63, 3.8) is 0 Å². The fourth-order valence-corrected chi connectivity index (χ4v) is 1.20. The normalized spacial score (nSPS) is 9.93. The topological polar surface area (TPSA) is 63.6 Å². The Hall–Kier alpha value is -1.06. The Morgan fingerprint density at radius 3 is 2.33 bits per heavy atom. The first-order chi connectivity index (χ1) is 7.16. The third kappa shape index (κ3) is 10.9. The summed E-state index contributed by atoms with van der Waals surface area (Å²) in [5.41, 5.74) is 0. The van der Waals surface area contributed by atoms with Gasteiger partial charge in [-0.05, 0) is 6.42 Å². The van der Waals surface area contributed by atoms with Crippen molar-refractivity contribution in [3.8, 4) is 0 Å². The molecule has 0 rings (SSSR count). The third-order valence-corrected chi connectivity index (χ3v) is 2.06. The summed E-state index contributed by atoms with van der Waals surface area (Å²) in [6.45, 7) is 2.13. The number of rotatable bonds is 9. The van der Waals surface area contributed by atoms with Crippen LogP contribution in [-0.2, 0) is 14.3 Å². The van der Waals surface area contributed by atoms with Crippen molar-refractivity contribution in [2.24, 2.45) is 0 Å². The molecule has 0 saturated heterocycles. The number of ether oxygens (including phenoxy) is 1. The Bertz CT molecular complexity index is 189. The second-order valence-electron chi connectivity index (χ2n) is 3.53. The molecule has 4 nitrogen and oxygen atoms in total. The minimum atomic E-state index is -0.939. The van der Waals surface area contributed by atoms with Crippen LogP contribution in [0, 0.1) is 0 Å². The molecular weight excluding hydrogens is 196 g/mol. The molecule has 0 heterocycles. The van der Waals surface area contributed by atoms with Gasteiger partial charge in [0.25, 0.3) is 0 Å². The van der Waals surface area contributed by atoms with E-state index in [9.17, 15) is 9.59 Å². The number of carboxylic acids is 1. The smallest absolute Gasteiger partial charge is 0.306 e. The SMILES string of the molecule is CCCCCCCC(=O)OCCC(=O)O. The van der Waals surface area contributed by atoms with Gasteiger partial charge >= 0.3 is 11.9 Å². The quantitative estimate of drug-likeness (QED) is 0.474. The van der Waals surface area contributed by atoms with Crippen LogP contribution in [0.5, 0.6) is 0 Å². The van der Waals surface area contributed by atoms with Crippen molar-refractivity contribution < 1.29 is 19.4 Å². The number of unbranched alkanes of at least 4 members (excludes halogenated alkanes) is 4. The van der Waals surface area contributed by atoms with Gasteiger partial charge in [0.2, 0.25) is 0 Å². The summed E-state index contributed by atoms with van der Waals surface area (Å²) in [5, 5.41) is 8.31. The van der Waals surface area contributed by atoms with Crippen LogP contribution in [0.2, 0.25) is 0 Å². The lowest BCUT2D eigenvalue weighted by molar-refractivity contribution is -0.146. The summed E-state index contributed by atoms with van der Waals surface area (Å²) in [7, 11) is 0. The molecule has 0 aliphatic heterocycles. The zero-order chi connectivity index (χ0) is 11.5. The molecule has 0 saturated carbocycles. The fraction of sp³-hybridized carbons (Fsp3) is 0.818. The van der Waals surface area contributed by atoms with Crippen molar-refractivity contribution in [2.75, 3.05) is 6.61 Å². The van der Waals surface area contributed by atoms with Gasteiger partial charge < -0.3 is 9.84 Å². The minimum Gasteiger partial charge on any atom is -0.481 e.